The number of cyclic esters (lactones) is 2. The number of hydrogen-bond donors (Lipinski definition) is 0. The maximum absolute atomic E-state index is 11.2. The molecule has 1 aliphatic heterocycles. The van der Waals surface area contributed by atoms with Gasteiger partial charge in [-0.2, -0.15) is 0 Å². The van der Waals surface area contributed by atoms with Gasteiger partial charge in [0.2, 0.25) is 0 Å². The molecule has 4 atom stereocenters. The highest BCUT2D eigenvalue weighted by Gasteiger charge is 2.57. The molecule has 2 aliphatic carbocycles. The number of carbonyl (C=O) groups excluding carboxylic acids is 2. The first-order chi connectivity index (χ1) is 5.77. The van der Waals surface area contributed by atoms with Crippen molar-refractivity contribution >= 4 is 11.9 Å². The SMILES string of the molecule is O=C1OC(=O)[C@H]2C3C=C[C@H](C3)[C@@H]12. The summed E-state index contributed by atoms with van der Waals surface area (Å²) < 4.78 is 4.59. The third-order valence-corrected chi connectivity index (χ3v) is 3.20. The zero-order chi connectivity index (χ0) is 8.29. The van der Waals surface area contributed by atoms with Crippen LogP contribution in [0.1, 0.15) is 6.42 Å². The number of ether oxygens (including phenoxy) is 1. The Hall–Kier alpha value is -1.12. The van der Waals surface area contributed by atoms with E-state index < -0.39 is 0 Å². The second-order valence-electron chi connectivity index (χ2n) is 3.74. The molecule has 3 aliphatic rings. The molecule has 2 bridgehead atoms. The highest BCUT2D eigenvalue weighted by Crippen LogP contribution is 2.51. The molecular formula is C9H8O3. The number of esters is 2. The highest BCUT2D eigenvalue weighted by atomic mass is 16.6. The summed E-state index contributed by atoms with van der Waals surface area (Å²) in [7, 11) is 0. The topological polar surface area (TPSA) is 43.4 Å². The molecule has 1 unspecified atom stereocenters. The molecule has 0 aromatic heterocycles. The molecule has 1 heterocycles. The van der Waals surface area contributed by atoms with Crippen molar-refractivity contribution in [3.8, 4) is 0 Å². The zero-order valence-corrected chi connectivity index (χ0v) is 6.40. The lowest BCUT2D eigenvalue weighted by Crippen LogP contribution is -2.21. The van der Waals surface area contributed by atoms with Crippen molar-refractivity contribution in [3.63, 3.8) is 0 Å². The standard InChI is InChI=1S/C9H8O3/c10-8-6-4-1-2-5(3-4)7(6)9(11)12-8/h1-2,4-7H,3H2/t4-,5?,6-,7+/m1/s1. The van der Waals surface area contributed by atoms with E-state index in [9.17, 15) is 9.59 Å². The van der Waals surface area contributed by atoms with Crippen LogP contribution in [0.15, 0.2) is 12.2 Å². The summed E-state index contributed by atoms with van der Waals surface area (Å²) in [5, 5.41) is 0. The summed E-state index contributed by atoms with van der Waals surface area (Å²) >= 11 is 0. The molecule has 0 aromatic carbocycles. The van der Waals surface area contributed by atoms with E-state index in [1.807, 2.05) is 12.2 Å². The van der Waals surface area contributed by atoms with Gasteiger partial charge in [0.1, 0.15) is 0 Å². The number of rotatable bonds is 0. The maximum Gasteiger partial charge on any atom is 0.318 e. The first-order valence-electron chi connectivity index (χ1n) is 4.21. The fraction of sp³-hybridized carbons (Fsp3) is 0.556. The lowest BCUT2D eigenvalue weighted by Gasteiger charge is -2.12. The minimum absolute atomic E-state index is 0.146. The van der Waals surface area contributed by atoms with Crippen LogP contribution in [-0.2, 0) is 14.3 Å². The average molecular weight is 164 g/mol. The summed E-state index contributed by atoms with van der Waals surface area (Å²) in [4.78, 5) is 22.4. The highest BCUT2D eigenvalue weighted by molar-refractivity contribution is 5.98. The summed E-state index contributed by atoms with van der Waals surface area (Å²) in [6.07, 6.45) is 5.06. The predicted molar refractivity (Wildman–Crippen MR) is 38.8 cm³/mol. The van der Waals surface area contributed by atoms with Gasteiger partial charge >= 0.3 is 11.9 Å². The minimum Gasteiger partial charge on any atom is -0.393 e. The van der Waals surface area contributed by atoms with Gasteiger partial charge in [0.25, 0.3) is 0 Å². The van der Waals surface area contributed by atoms with Gasteiger partial charge in [-0.3, -0.25) is 9.59 Å². The molecule has 0 spiro atoms. The van der Waals surface area contributed by atoms with Crippen molar-refractivity contribution in [2.75, 3.05) is 0 Å². The van der Waals surface area contributed by atoms with Crippen LogP contribution in [0.5, 0.6) is 0 Å². The Morgan fingerprint density at radius 1 is 1.08 bits per heavy atom. The van der Waals surface area contributed by atoms with Gasteiger partial charge in [-0.15, -0.1) is 0 Å². The van der Waals surface area contributed by atoms with E-state index in [-0.39, 0.29) is 35.6 Å². The smallest absolute Gasteiger partial charge is 0.318 e. The molecule has 1 saturated heterocycles. The summed E-state index contributed by atoms with van der Waals surface area (Å²) in [6.45, 7) is 0. The molecule has 12 heavy (non-hydrogen) atoms. The van der Waals surface area contributed by atoms with E-state index in [2.05, 4.69) is 4.74 Å². The second kappa shape index (κ2) is 1.79. The van der Waals surface area contributed by atoms with Crippen molar-refractivity contribution in [3.05, 3.63) is 12.2 Å². The van der Waals surface area contributed by atoms with E-state index in [0.717, 1.165) is 6.42 Å². The third kappa shape index (κ3) is 0.543. The van der Waals surface area contributed by atoms with Gasteiger partial charge in [0.15, 0.2) is 0 Å². The Bertz CT molecular complexity index is 277. The lowest BCUT2D eigenvalue weighted by molar-refractivity contribution is -0.154. The molecule has 1 saturated carbocycles. The minimum atomic E-state index is -0.304. The van der Waals surface area contributed by atoms with Crippen LogP contribution >= 0.6 is 0 Å². The van der Waals surface area contributed by atoms with E-state index in [1.54, 1.807) is 0 Å². The summed E-state index contributed by atoms with van der Waals surface area (Å²) in [5.41, 5.74) is 0. The molecule has 3 heteroatoms. The quantitative estimate of drug-likeness (QED) is 0.297. The van der Waals surface area contributed by atoms with Gasteiger partial charge in [-0.25, -0.2) is 0 Å². The van der Waals surface area contributed by atoms with E-state index >= 15 is 0 Å². The van der Waals surface area contributed by atoms with Crippen molar-refractivity contribution in [1.29, 1.82) is 0 Å². The average Bonchev–Trinajstić information content (AvgIpc) is 2.64. The zero-order valence-electron chi connectivity index (χ0n) is 6.40. The molecule has 3 nitrogen and oxygen atoms in total. The number of allylic oxidation sites excluding steroid dienone is 2. The molecule has 0 radical (unpaired) electrons. The molecule has 0 aromatic rings. The molecule has 0 N–H and O–H groups in total. The van der Waals surface area contributed by atoms with Crippen LogP contribution in [0.4, 0.5) is 0 Å². The monoisotopic (exact) mass is 164 g/mol. The Kier molecular flexibility index (Phi) is 0.953. The molecule has 3 rings (SSSR count). The van der Waals surface area contributed by atoms with Crippen LogP contribution in [-0.4, -0.2) is 11.9 Å². The van der Waals surface area contributed by atoms with Gasteiger partial charge in [0, 0.05) is 0 Å². The maximum atomic E-state index is 11.2. The Balaban J connectivity index is 2.08. The summed E-state index contributed by atoms with van der Waals surface area (Å²) in [5.74, 6) is -0.346. The normalized spacial score (nSPS) is 48.3. The van der Waals surface area contributed by atoms with Crippen molar-refractivity contribution < 1.29 is 14.3 Å². The van der Waals surface area contributed by atoms with Gasteiger partial charge < -0.3 is 4.74 Å². The Labute approximate surface area is 69.4 Å². The Morgan fingerprint density at radius 3 is 2.08 bits per heavy atom. The van der Waals surface area contributed by atoms with Crippen LogP contribution < -0.4 is 0 Å². The van der Waals surface area contributed by atoms with E-state index in [0.29, 0.717) is 0 Å². The first-order valence-corrected chi connectivity index (χ1v) is 4.21. The second-order valence-corrected chi connectivity index (χ2v) is 3.74. The molecule has 2 fully saturated rings. The summed E-state index contributed by atoms with van der Waals surface area (Å²) in [6, 6.07) is 0. The number of carbonyl (C=O) groups is 2. The van der Waals surface area contributed by atoms with Gasteiger partial charge in [-0.1, -0.05) is 12.2 Å². The van der Waals surface area contributed by atoms with Crippen LogP contribution in [0.25, 0.3) is 0 Å². The van der Waals surface area contributed by atoms with Crippen molar-refractivity contribution in [2.45, 2.75) is 6.42 Å². The largest absolute Gasteiger partial charge is 0.393 e. The Morgan fingerprint density at radius 2 is 1.58 bits per heavy atom. The molecular weight excluding hydrogens is 156 g/mol. The number of fused-ring (bicyclic) bond motifs is 5. The fourth-order valence-electron chi connectivity index (χ4n) is 2.70. The van der Waals surface area contributed by atoms with Crippen molar-refractivity contribution in [2.24, 2.45) is 23.7 Å². The van der Waals surface area contributed by atoms with Crippen LogP contribution in [0.3, 0.4) is 0 Å². The van der Waals surface area contributed by atoms with E-state index in [4.69, 9.17) is 0 Å². The van der Waals surface area contributed by atoms with E-state index in [1.165, 1.54) is 0 Å². The fourth-order valence-corrected chi connectivity index (χ4v) is 2.70. The van der Waals surface area contributed by atoms with Crippen LogP contribution in [0.2, 0.25) is 0 Å². The van der Waals surface area contributed by atoms with Crippen molar-refractivity contribution in [1.82, 2.24) is 0 Å². The lowest BCUT2D eigenvalue weighted by atomic mass is 9.85. The predicted octanol–water partition coefficient (Wildman–Crippen LogP) is 0.508. The molecule has 0 amide bonds. The van der Waals surface area contributed by atoms with Crippen LogP contribution in [0, 0.1) is 23.7 Å². The first kappa shape index (κ1) is 6.40. The van der Waals surface area contributed by atoms with Gasteiger partial charge in [0.05, 0.1) is 11.8 Å². The third-order valence-electron chi connectivity index (χ3n) is 3.20. The van der Waals surface area contributed by atoms with Gasteiger partial charge in [-0.05, 0) is 18.3 Å². The molecule has 62 valence electrons. The number of hydrogen-bond acceptors (Lipinski definition) is 3.